The Hall–Kier alpha value is -3.36. The summed E-state index contributed by atoms with van der Waals surface area (Å²) < 4.78 is 42.6. The first kappa shape index (κ1) is 33.5. The number of aromatic nitrogens is 2. The number of halogens is 3. The molecule has 1 aromatic carbocycles. The topological polar surface area (TPSA) is 98.1 Å². The number of benzene rings is 1. The van der Waals surface area contributed by atoms with Crippen molar-refractivity contribution in [3.8, 4) is 11.8 Å². The highest BCUT2D eigenvalue weighted by atomic mass is 19.4. The predicted molar refractivity (Wildman–Crippen MR) is 167 cm³/mol. The maximum Gasteiger partial charge on any atom is 0.573 e. The van der Waals surface area contributed by atoms with E-state index in [1.54, 1.807) is 12.1 Å². The van der Waals surface area contributed by atoms with Gasteiger partial charge in [0, 0.05) is 24.7 Å². The molecule has 8 nitrogen and oxygen atoms in total. The third-order valence-corrected chi connectivity index (χ3v) is 9.11. The van der Waals surface area contributed by atoms with Crippen molar-refractivity contribution in [2.75, 3.05) is 44.4 Å². The predicted octanol–water partition coefficient (Wildman–Crippen LogP) is 6.59. The van der Waals surface area contributed by atoms with Gasteiger partial charge in [0.25, 0.3) is 0 Å². The summed E-state index contributed by atoms with van der Waals surface area (Å²) in [7, 11) is 4.36. The van der Waals surface area contributed by atoms with Crippen LogP contribution in [-0.2, 0) is 6.54 Å². The lowest BCUT2D eigenvalue weighted by Gasteiger charge is -2.36. The Labute approximate surface area is 259 Å². The lowest BCUT2D eigenvalue weighted by atomic mass is 9.73. The summed E-state index contributed by atoms with van der Waals surface area (Å²) in [4.78, 5) is 11.0. The molecule has 0 bridgehead atoms. The Morgan fingerprint density at radius 1 is 1.02 bits per heavy atom. The molecule has 1 heterocycles. The van der Waals surface area contributed by atoms with Gasteiger partial charge in [-0.1, -0.05) is 30.4 Å². The molecule has 2 aliphatic rings. The van der Waals surface area contributed by atoms with Gasteiger partial charge in [0.2, 0.25) is 5.95 Å². The Balaban J connectivity index is 1.32. The van der Waals surface area contributed by atoms with Gasteiger partial charge in [-0.15, -0.1) is 13.2 Å². The van der Waals surface area contributed by atoms with Gasteiger partial charge >= 0.3 is 6.36 Å². The molecule has 0 radical (unpaired) electrons. The van der Waals surface area contributed by atoms with E-state index in [-0.39, 0.29) is 18.2 Å². The van der Waals surface area contributed by atoms with Gasteiger partial charge in [-0.3, -0.25) is 0 Å². The SMILES string of the molecule is C=C(C)C1C[C@@H](CNC[C@H]2CC[C@H](N(C)C)CC2)C[C@H](CNc2nc(NCc3ccccc3OC(F)(F)F)ncc2C#N)C1. The highest BCUT2D eigenvalue weighted by Crippen LogP contribution is 2.37. The van der Waals surface area contributed by atoms with Crippen LogP contribution in [0.1, 0.15) is 63.0 Å². The molecule has 2 saturated carbocycles. The summed E-state index contributed by atoms with van der Waals surface area (Å²) in [6.45, 7) is 9.13. The normalized spacial score (nSPS) is 24.0. The van der Waals surface area contributed by atoms with Crippen LogP contribution < -0.4 is 20.7 Å². The van der Waals surface area contributed by atoms with E-state index in [1.807, 2.05) is 0 Å². The zero-order valence-corrected chi connectivity index (χ0v) is 26.1. The van der Waals surface area contributed by atoms with Crippen molar-refractivity contribution < 1.29 is 17.9 Å². The molecule has 0 aliphatic heterocycles. The van der Waals surface area contributed by atoms with Crippen LogP contribution in [0.4, 0.5) is 24.9 Å². The van der Waals surface area contributed by atoms with Crippen LogP contribution in [0.3, 0.4) is 0 Å². The molecule has 4 rings (SSSR count). The molecule has 0 saturated heterocycles. The standard InChI is InChI=1S/C33H46F3N7O/c1-22(2)27-14-24(18-38-17-23-9-11-29(12-10-23)43(3)4)13-25(15-27)19-39-31-28(16-37)21-41-32(42-31)40-20-26-7-5-6-8-30(26)44-33(34,35)36/h5-8,21,23-25,27,29,38H,1,9-15,17-20H2,2-4H3,(H2,39,40,41,42)/t23-,24-,25-,27?,29-/m0/s1. The maximum atomic E-state index is 12.8. The molecular formula is C33H46F3N7O. The number of ether oxygens (including phenoxy) is 1. The molecule has 1 aromatic heterocycles. The molecule has 2 aromatic rings. The van der Waals surface area contributed by atoms with E-state index >= 15 is 0 Å². The number of alkyl halides is 3. The van der Waals surface area contributed by atoms with Gasteiger partial charge < -0.3 is 25.6 Å². The first-order valence-electron chi connectivity index (χ1n) is 15.6. The molecule has 0 amide bonds. The van der Waals surface area contributed by atoms with E-state index in [2.05, 4.69) is 69.2 Å². The molecule has 240 valence electrons. The van der Waals surface area contributed by atoms with Crippen molar-refractivity contribution in [2.24, 2.45) is 23.7 Å². The van der Waals surface area contributed by atoms with E-state index in [0.29, 0.717) is 47.3 Å². The summed E-state index contributed by atoms with van der Waals surface area (Å²) in [5.74, 6) is 2.47. The van der Waals surface area contributed by atoms with Crippen LogP contribution in [0.25, 0.3) is 0 Å². The summed E-state index contributed by atoms with van der Waals surface area (Å²) in [5, 5.41) is 19.8. The fourth-order valence-electron chi connectivity index (χ4n) is 6.63. The minimum absolute atomic E-state index is 0.0201. The second-order valence-electron chi connectivity index (χ2n) is 12.7. The molecule has 2 fully saturated rings. The monoisotopic (exact) mass is 613 g/mol. The average Bonchev–Trinajstić information content (AvgIpc) is 2.99. The Morgan fingerprint density at radius 3 is 2.36 bits per heavy atom. The van der Waals surface area contributed by atoms with Crippen LogP contribution in [0.2, 0.25) is 0 Å². The average molecular weight is 614 g/mol. The molecule has 2 aliphatic carbocycles. The smallest absolute Gasteiger partial charge is 0.405 e. The molecule has 3 atom stereocenters. The van der Waals surface area contributed by atoms with E-state index in [1.165, 1.54) is 49.6 Å². The Bertz CT molecular complexity index is 1270. The summed E-state index contributed by atoms with van der Waals surface area (Å²) in [6, 6.07) is 8.77. The van der Waals surface area contributed by atoms with E-state index in [9.17, 15) is 18.4 Å². The van der Waals surface area contributed by atoms with E-state index in [0.717, 1.165) is 38.3 Å². The quantitative estimate of drug-likeness (QED) is 0.218. The van der Waals surface area contributed by atoms with Gasteiger partial charge in [0.05, 0.1) is 6.20 Å². The van der Waals surface area contributed by atoms with E-state index < -0.39 is 6.36 Å². The zero-order valence-electron chi connectivity index (χ0n) is 26.1. The number of nitrogens with zero attached hydrogens (tertiary/aromatic N) is 4. The number of rotatable bonds is 13. The highest BCUT2D eigenvalue weighted by molar-refractivity contribution is 5.53. The summed E-state index contributed by atoms with van der Waals surface area (Å²) in [6.07, 6.45) is 4.99. The van der Waals surface area contributed by atoms with Crippen LogP contribution in [-0.4, -0.2) is 61.0 Å². The van der Waals surface area contributed by atoms with Gasteiger partial charge in [0.1, 0.15) is 23.2 Å². The molecule has 44 heavy (non-hydrogen) atoms. The number of anilines is 2. The van der Waals surface area contributed by atoms with Crippen molar-refractivity contribution in [3.63, 3.8) is 0 Å². The number of nitriles is 1. The Morgan fingerprint density at radius 2 is 1.70 bits per heavy atom. The second kappa shape index (κ2) is 15.6. The maximum absolute atomic E-state index is 12.8. The molecule has 0 spiro atoms. The molecule has 11 heteroatoms. The van der Waals surface area contributed by atoms with Crippen molar-refractivity contribution in [2.45, 2.75) is 70.8 Å². The first-order chi connectivity index (χ1) is 21.0. The Kier molecular flexibility index (Phi) is 11.9. The third-order valence-electron chi connectivity index (χ3n) is 9.11. The zero-order chi connectivity index (χ0) is 31.7. The molecule has 3 N–H and O–H groups in total. The fourth-order valence-corrected chi connectivity index (χ4v) is 6.63. The minimum Gasteiger partial charge on any atom is -0.405 e. The van der Waals surface area contributed by atoms with Crippen LogP contribution in [0, 0.1) is 35.0 Å². The van der Waals surface area contributed by atoms with Gasteiger partial charge in [0.15, 0.2) is 0 Å². The van der Waals surface area contributed by atoms with Gasteiger partial charge in [-0.25, -0.2) is 4.98 Å². The number of para-hydroxylation sites is 1. The van der Waals surface area contributed by atoms with E-state index in [4.69, 9.17) is 0 Å². The summed E-state index contributed by atoms with van der Waals surface area (Å²) >= 11 is 0. The fraction of sp³-hybridized carbons (Fsp3) is 0.606. The number of nitrogens with one attached hydrogen (secondary N) is 3. The molecular weight excluding hydrogens is 567 g/mol. The molecule has 1 unspecified atom stereocenters. The number of allylic oxidation sites excluding steroid dienone is 1. The van der Waals surface area contributed by atoms with Crippen LogP contribution in [0.5, 0.6) is 5.75 Å². The second-order valence-corrected chi connectivity index (χ2v) is 12.7. The number of hydrogen-bond donors (Lipinski definition) is 3. The van der Waals surface area contributed by atoms with Crippen molar-refractivity contribution in [3.05, 3.63) is 53.7 Å². The largest absolute Gasteiger partial charge is 0.573 e. The first-order valence-corrected chi connectivity index (χ1v) is 15.6. The third kappa shape index (κ3) is 10.1. The van der Waals surface area contributed by atoms with Crippen LogP contribution in [0.15, 0.2) is 42.6 Å². The lowest BCUT2D eigenvalue weighted by molar-refractivity contribution is -0.274. The highest BCUT2D eigenvalue weighted by Gasteiger charge is 2.32. The van der Waals surface area contributed by atoms with Crippen LogP contribution >= 0.6 is 0 Å². The van der Waals surface area contributed by atoms with Crippen molar-refractivity contribution in [1.82, 2.24) is 20.2 Å². The minimum atomic E-state index is -4.79. The van der Waals surface area contributed by atoms with Gasteiger partial charge in [-0.05, 0) is 109 Å². The summed E-state index contributed by atoms with van der Waals surface area (Å²) in [5.41, 5.74) is 1.83. The lowest BCUT2D eigenvalue weighted by Crippen LogP contribution is -2.37. The number of hydrogen-bond acceptors (Lipinski definition) is 8. The van der Waals surface area contributed by atoms with Crippen molar-refractivity contribution in [1.29, 1.82) is 5.26 Å². The van der Waals surface area contributed by atoms with Crippen molar-refractivity contribution >= 4 is 11.8 Å². The van der Waals surface area contributed by atoms with Gasteiger partial charge in [-0.2, -0.15) is 10.2 Å².